The first-order valence-electron chi connectivity index (χ1n) is 3.16. The van der Waals surface area contributed by atoms with E-state index in [1.807, 2.05) is 0 Å². The summed E-state index contributed by atoms with van der Waals surface area (Å²) in [5, 5.41) is 9.22. The fourth-order valence-electron chi connectivity index (χ4n) is 0.587. The smallest absolute Gasteiger partial charge is 0.0565 e. The molecular formula is C5H12I2N2O. The van der Waals surface area contributed by atoms with E-state index in [9.17, 15) is 5.11 Å². The Balaban J connectivity index is 3.00. The van der Waals surface area contributed by atoms with Gasteiger partial charge in [0.2, 0.25) is 0 Å². The highest BCUT2D eigenvalue weighted by Crippen LogP contribution is 1.96. The standard InChI is InChI=1S/C5H12I2N2O/c6-8-3-1-5(10)2-4-9-7/h5,8-10H,1-4H2. The Hall–Kier alpha value is 1.34. The third-order valence-electron chi connectivity index (χ3n) is 1.14. The van der Waals surface area contributed by atoms with Crippen molar-refractivity contribution < 1.29 is 5.11 Å². The van der Waals surface area contributed by atoms with Gasteiger partial charge in [0.25, 0.3) is 0 Å². The lowest BCUT2D eigenvalue weighted by Crippen LogP contribution is -2.17. The Morgan fingerprint density at radius 2 is 1.50 bits per heavy atom. The molecule has 0 heterocycles. The SMILES string of the molecule is OC(CCNI)CCNI. The van der Waals surface area contributed by atoms with Crippen molar-refractivity contribution in [2.45, 2.75) is 18.9 Å². The van der Waals surface area contributed by atoms with E-state index in [4.69, 9.17) is 0 Å². The molecule has 3 N–H and O–H groups in total. The van der Waals surface area contributed by atoms with Crippen LogP contribution in [-0.2, 0) is 0 Å². The highest BCUT2D eigenvalue weighted by Gasteiger charge is 2.00. The minimum absolute atomic E-state index is 0.162. The molecule has 5 heteroatoms. The number of hydrogen-bond acceptors (Lipinski definition) is 3. The van der Waals surface area contributed by atoms with Crippen molar-refractivity contribution in [3.05, 3.63) is 0 Å². The molecule has 62 valence electrons. The van der Waals surface area contributed by atoms with Crippen molar-refractivity contribution in [1.29, 1.82) is 0 Å². The molecule has 0 aromatic rings. The fraction of sp³-hybridized carbons (Fsp3) is 1.00. The molecule has 0 fully saturated rings. The second-order valence-electron chi connectivity index (χ2n) is 2.00. The van der Waals surface area contributed by atoms with Gasteiger partial charge in [0.1, 0.15) is 0 Å². The Bertz CT molecular complexity index is 66.7. The van der Waals surface area contributed by atoms with E-state index in [-0.39, 0.29) is 6.10 Å². The zero-order valence-corrected chi connectivity index (χ0v) is 9.92. The number of aliphatic hydroxyl groups excluding tert-OH is 1. The molecule has 10 heavy (non-hydrogen) atoms. The maximum absolute atomic E-state index is 9.22. The molecule has 0 spiro atoms. The van der Waals surface area contributed by atoms with Crippen LogP contribution in [0, 0.1) is 0 Å². The van der Waals surface area contributed by atoms with Gasteiger partial charge in [-0.05, 0) is 12.8 Å². The fourth-order valence-corrected chi connectivity index (χ4v) is 1.21. The molecule has 0 aromatic carbocycles. The highest BCUT2D eigenvalue weighted by atomic mass is 127. The molecule has 0 amide bonds. The number of halogens is 2. The molecular weight excluding hydrogens is 358 g/mol. The second-order valence-corrected chi connectivity index (χ2v) is 3.52. The van der Waals surface area contributed by atoms with Gasteiger partial charge in [-0.2, -0.15) is 0 Å². The lowest BCUT2D eigenvalue weighted by Gasteiger charge is -2.07. The molecule has 0 aliphatic carbocycles. The number of nitrogens with one attached hydrogen (secondary N) is 2. The van der Waals surface area contributed by atoms with Gasteiger partial charge in [0, 0.05) is 58.8 Å². The van der Waals surface area contributed by atoms with E-state index < -0.39 is 0 Å². The summed E-state index contributed by atoms with van der Waals surface area (Å²) in [4.78, 5) is 0. The average Bonchev–Trinajstić information content (AvgIpc) is 1.97. The molecule has 0 atom stereocenters. The van der Waals surface area contributed by atoms with E-state index in [0.717, 1.165) is 25.9 Å². The van der Waals surface area contributed by atoms with Gasteiger partial charge in [-0.15, -0.1) is 0 Å². The summed E-state index contributed by atoms with van der Waals surface area (Å²) in [6.07, 6.45) is 1.51. The monoisotopic (exact) mass is 370 g/mol. The zero-order chi connectivity index (χ0) is 7.82. The van der Waals surface area contributed by atoms with Crippen LogP contribution in [0.1, 0.15) is 12.8 Å². The zero-order valence-electron chi connectivity index (χ0n) is 5.61. The Morgan fingerprint density at radius 1 is 1.10 bits per heavy atom. The summed E-state index contributed by atoms with van der Waals surface area (Å²) in [7, 11) is 0. The second kappa shape index (κ2) is 8.44. The number of hydrogen-bond donors (Lipinski definition) is 3. The Morgan fingerprint density at radius 3 is 1.80 bits per heavy atom. The van der Waals surface area contributed by atoms with Gasteiger partial charge in [-0.1, -0.05) is 0 Å². The van der Waals surface area contributed by atoms with Gasteiger partial charge in [-0.25, -0.2) is 0 Å². The summed E-state index contributed by atoms with van der Waals surface area (Å²) < 4.78 is 5.93. The van der Waals surface area contributed by atoms with Crippen molar-refractivity contribution >= 4 is 45.7 Å². The van der Waals surface area contributed by atoms with Crippen LogP contribution in [-0.4, -0.2) is 24.3 Å². The molecule has 0 radical (unpaired) electrons. The maximum Gasteiger partial charge on any atom is 0.0565 e. The van der Waals surface area contributed by atoms with Gasteiger partial charge in [0.05, 0.1) is 6.10 Å². The third-order valence-corrected chi connectivity index (χ3v) is 2.22. The first kappa shape index (κ1) is 11.3. The highest BCUT2D eigenvalue weighted by molar-refractivity contribution is 14.1. The molecule has 0 aliphatic heterocycles. The lowest BCUT2D eigenvalue weighted by atomic mass is 10.2. The van der Waals surface area contributed by atoms with Crippen molar-refractivity contribution in [2.24, 2.45) is 0 Å². The summed E-state index contributed by atoms with van der Waals surface area (Å²) in [5.74, 6) is 0. The molecule has 0 bridgehead atoms. The van der Waals surface area contributed by atoms with Crippen molar-refractivity contribution in [1.82, 2.24) is 7.06 Å². The summed E-state index contributed by atoms with van der Waals surface area (Å²) in [6.45, 7) is 1.76. The Labute approximate surface area is 89.3 Å². The predicted molar refractivity (Wildman–Crippen MR) is 59.3 cm³/mol. The van der Waals surface area contributed by atoms with E-state index >= 15 is 0 Å². The third kappa shape index (κ3) is 7.45. The molecule has 0 saturated carbocycles. The van der Waals surface area contributed by atoms with Crippen LogP contribution in [0.2, 0.25) is 0 Å². The van der Waals surface area contributed by atoms with Crippen LogP contribution in [0.4, 0.5) is 0 Å². The van der Waals surface area contributed by atoms with Crippen molar-refractivity contribution in [2.75, 3.05) is 13.1 Å². The van der Waals surface area contributed by atoms with Crippen molar-refractivity contribution in [3.63, 3.8) is 0 Å². The molecule has 0 aliphatic rings. The minimum Gasteiger partial charge on any atom is -0.393 e. The van der Waals surface area contributed by atoms with Gasteiger partial charge in [-0.3, -0.25) is 7.06 Å². The van der Waals surface area contributed by atoms with Gasteiger partial charge < -0.3 is 5.11 Å². The van der Waals surface area contributed by atoms with Crippen LogP contribution in [0.25, 0.3) is 0 Å². The van der Waals surface area contributed by atoms with Crippen LogP contribution >= 0.6 is 45.7 Å². The Kier molecular flexibility index (Phi) is 9.57. The van der Waals surface area contributed by atoms with Crippen molar-refractivity contribution in [3.8, 4) is 0 Å². The number of rotatable bonds is 6. The van der Waals surface area contributed by atoms with Gasteiger partial charge in [0.15, 0.2) is 0 Å². The summed E-state index contributed by atoms with van der Waals surface area (Å²) >= 11 is 4.16. The van der Waals surface area contributed by atoms with Crippen LogP contribution < -0.4 is 7.06 Å². The maximum atomic E-state index is 9.22. The van der Waals surface area contributed by atoms with E-state index in [1.165, 1.54) is 0 Å². The van der Waals surface area contributed by atoms with E-state index in [2.05, 4.69) is 52.8 Å². The molecule has 0 aromatic heterocycles. The first-order chi connectivity index (χ1) is 4.81. The molecule has 0 rings (SSSR count). The minimum atomic E-state index is -0.162. The lowest BCUT2D eigenvalue weighted by molar-refractivity contribution is 0.158. The molecule has 0 saturated heterocycles. The van der Waals surface area contributed by atoms with Crippen LogP contribution in [0.5, 0.6) is 0 Å². The van der Waals surface area contributed by atoms with Crippen LogP contribution in [0.3, 0.4) is 0 Å². The summed E-state index contributed by atoms with van der Waals surface area (Å²) in [5.41, 5.74) is 0. The first-order valence-corrected chi connectivity index (χ1v) is 5.32. The van der Waals surface area contributed by atoms with E-state index in [1.54, 1.807) is 0 Å². The number of aliphatic hydroxyl groups is 1. The molecule has 0 unspecified atom stereocenters. The quantitative estimate of drug-likeness (QED) is 0.483. The largest absolute Gasteiger partial charge is 0.393 e. The van der Waals surface area contributed by atoms with E-state index in [0.29, 0.717) is 0 Å². The molecule has 3 nitrogen and oxygen atoms in total. The topological polar surface area (TPSA) is 44.3 Å². The van der Waals surface area contributed by atoms with Crippen LogP contribution in [0.15, 0.2) is 0 Å². The predicted octanol–water partition coefficient (Wildman–Crippen LogP) is 1.01. The van der Waals surface area contributed by atoms with Gasteiger partial charge >= 0.3 is 0 Å². The average molecular weight is 370 g/mol. The summed E-state index contributed by atoms with van der Waals surface area (Å²) in [6, 6.07) is 0. The normalized spacial score (nSPS) is 10.8.